The number of carbonyl (C=O) groups excluding carboxylic acids is 3. The molecule has 1 spiro atoms. The highest BCUT2D eigenvalue weighted by molar-refractivity contribution is 6.33. The molecule has 4 aliphatic heterocycles. The van der Waals surface area contributed by atoms with Gasteiger partial charge < -0.3 is 30.9 Å². The number of rotatable bonds is 5. The normalized spacial score (nSPS) is 21.0. The van der Waals surface area contributed by atoms with Gasteiger partial charge in [0.15, 0.2) is 6.10 Å². The van der Waals surface area contributed by atoms with E-state index in [0.29, 0.717) is 73.3 Å². The Kier molecular flexibility index (Phi) is 9.22. The number of piperidine rings is 2. The predicted molar refractivity (Wildman–Crippen MR) is 174 cm³/mol. The molecule has 11 heteroatoms. The number of fused-ring (bicyclic) bond motifs is 2. The molecular formula is C34H41ClN6O4. The van der Waals surface area contributed by atoms with E-state index >= 15 is 0 Å². The predicted octanol–water partition coefficient (Wildman–Crippen LogP) is 3.22. The molecule has 4 aliphatic rings. The van der Waals surface area contributed by atoms with Crippen LogP contribution in [0.2, 0.25) is 5.02 Å². The van der Waals surface area contributed by atoms with Crippen LogP contribution in [0.1, 0.15) is 48.8 Å². The van der Waals surface area contributed by atoms with Gasteiger partial charge in [0.2, 0.25) is 5.91 Å². The minimum Gasteiger partial charge on any atom is -0.436 e. The number of hydrogen-bond donors (Lipinski definition) is 3. The molecule has 0 bridgehead atoms. The highest BCUT2D eigenvalue weighted by Gasteiger charge is 2.44. The van der Waals surface area contributed by atoms with Crippen molar-refractivity contribution in [3.8, 4) is 12.3 Å². The summed E-state index contributed by atoms with van der Waals surface area (Å²) in [6.45, 7) is 5.60. The van der Waals surface area contributed by atoms with E-state index < -0.39 is 12.2 Å². The van der Waals surface area contributed by atoms with Gasteiger partial charge in [-0.05, 0) is 68.1 Å². The van der Waals surface area contributed by atoms with Crippen molar-refractivity contribution in [1.29, 1.82) is 0 Å². The van der Waals surface area contributed by atoms with Crippen LogP contribution in [-0.2, 0) is 26.2 Å². The van der Waals surface area contributed by atoms with Crippen molar-refractivity contribution in [1.82, 2.24) is 20.0 Å². The number of hydrogen-bond acceptors (Lipinski definition) is 7. The number of carbonyl (C=O) groups is 3. The summed E-state index contributed by atoms with van der Waals surface area (Å²) in [5.41, 5.74) is 9.07. The van der Waals surface area contributed by atoms with Crippen molar-refractivity contribution in [2.24, 2.45) is 0 Å². The first-order chi connectivity index (χ1) is 21.8. The van der Waals surface area contributed by atoms with Gasteiger partial charge in [-0.1, -0.05) is 35.7 Å². The first-order valence-electron chi connectivity index (χ1n) is 15.9. The monoisotopic (exact) mass is 632 g/mol. The summed E-state index contributed by atoms with van der Waals surface area (Å²) in [5, 5.41) is 6.68. The fourth-order valence-electron chi connectivity index (χ4n) is 7.40. The number of ether oxygens (including phenoxy) is 1. The molecule has 2 aromatic carbocycles. The minimum atomic E-state index is -1.05. The molecule has 1 atom stereocenters. The van der Waals surface area contributed by atoms with E-state index in [1.165, 1.54) is 0 Å². The zero-order valence-corrected chi connectivity index (χ0v) is 26.3. The van der Waals surface area contributed by atoms with Crippen LogP contribution in [-0.4, -0.2) is 97.1 Å². The second kappa shape index (κ2) is 13.3. The van der Waals surface area contributed by atoms with Crippen LogP contribution in [0.4, 0.5) is 16.2 Å². The van der Waals surface area contributed by atoms with Crippen LogP contribution in [0.25, 0.3) is 0 Å². The maximum absolute atomic E-state index is 14.0. The maximum atomic E-state index is 14.0. The quantitative estimate of drug-likeness (QED) is 0.342. The van der Waals surface area contributed by atoms with E-state index in [-0.39, 0.29) is 23.7 Å². The average molecular weight is 633 g/mol. The Labute approximate surface area is 269 Å². The lowest BCUT2D eigenvalue weighted by atomic mass is 9.68. The van der Waals surface area contributed by atoms with E-state index in [9.17, 15) is 14.4 Å². The number of nitrogens with one attached hydrogen (secondary N) is 2. The molecule has 4 N–H and O–H groups in total. The van der Waals surface area contributed by atoms with Crippen molar-refractivity contribution < 1.29 is 19.1 Å². The number of terminal acetylenes is 1. The Bertz CT molecular complexity index is 1490. The molecule has 4 heterocycles. The number of nitrogens with two attached hydrogens (primary N) is 1. The Morgan fingerprint density at radius 1 is 1.07 bits per heavy atom. The van der Waals surface area contributed by atoms with Gasteiger partial charge in [-0.25, -0.2) is 4.79 Å². The highest BCUT2D eigenvalue weighted by Crippen LogP contribution is 2.45. The summed E-state index contributed by atoms with van der Waals surface area (Å²) >= 11 is 6.37. The van der Waals surface area contributed by atoms with Crippen molar-refractivity contribution in [2.45, 2.75) is 56.1 Å². The molecule has 3 fully saturated rings. The topological polar surface area (TPSA) is 120 Å². The number of amides is 3. The third kappa shape index (κ3) is 6.62. The lowest BCUT2D eigenvalue weighted by Crippen LogP contribution is -2.56. The number of nitrogen functional groups attached to an aromatic ring is 1. The standard InChI is InChI=1S/C34H41ClN6O4/c1-2-24-19-23(20-27(35)31(24)36)21-29(32(43)40-17-15-39(16-18-40)25-7-11-37-12-8-25)45-33(44)41-13-9-34(10-14-41)22-30(42)38-28-6-4-3-5-26(28)34/h1,3-6,19-20,25,29,37H,7-18,21-22,36H2,(H,38,42)/t29-/m1/s1. The summed E-state index contributed by atoms with van der Waals surface area (Å²) in [6.07, 6.45) is 8.05. The lowest BCUT2D eigenvalue weighted by Gasteiger charge is -2.44. The summed E-state index contributed by atoms with van der Waals surface area (Å²) in [5.74, 6) is 2.31. The van der Waals surface area contributed by atoms with Crippen LogP contribution in [0.5, 0.6) is 0 Å². The molecule has 0 saturated carbocycles. The van der Waals surface area contributed by atoms with E-state index in [4.69, 9.17) is 28.5 Å². The zero-order chi connectivity index (χ0) is 31.6. The van der Waals surface area contributed by atoms with Crippen LogP contribution >= 0.6 is 11.6 Å². The van der Waals surface area contributed by atoms with Gasteiger partial charge in [-0.3, -0.25) is 14.5 Å². The van der Waals surface area contributed by atoms with Gasteiger partial charge in [-0.2, -0.15) is 0 Å². The van der Waals surface area contributed by atoms with Crippen molar-refractivity contribution >= 4 is 40.9 Å². The second-order valence-corrected chi connectivity index (χ2v) is 13.0. The second-order valence-electron chi connectivity index (χ2n) is 12.6. The Morgan fingerprint density at radius 3 is 2.49 bits per heavy atom. The molecule has 45 heavy (non-hydrogen) atoms. The summed E-state index contributed by atoms with van der Waals surface area (Å²) in [7, 11) is 0. The maximum Gasteiger partial charge on any atom is 0.410 e. The van der Waals surface area contributed by atoms with E-state index in [1.54, 1.807) is 21.9 Å². The Hall–Kier alpha value is -3.78. The van der Waals surface area contributed by atoms with Gasteiger partial charge in [0.05, 0.1) is 10.7 Å². The van der Waals surface area contributed by atoms with Gasteiger partial charge in [-0.15, -0.1) is 6.42 Å². The van der Waals surface area contributed by atoms with Crippen molar-refractivity contribution in [3.05, 3.63) is 58.1 Å². The molecule has 2 aromatic rings. The van der Waals surface area contributed by atoms with Crippen LogP contribution in [0.3, 0.4) is 0 Å². The van der Waals surface area contributed by atoms with E-state index in [0.717, 1.165) is 50.3 Å². The SMILES string of the molecule is C#Cc1cc(C[C@@H](OC(=O)N2CCC3(CC2)CC(=O)Nc2ccccc23)C(=O)N2CCN(C3CCNCC3)CC2)cc(Cl)c1N. The third-order valence-electron chi connectivity index (χ3n) is 9.99. The highest BCUT2D eigenvalue weighted by atomic mass is 35.5. The Morgan fingerprint density at radius 2 is 1.78 bits per heavy atom. The van der Waals surface area contributed by atoms with Gasteiger partial charge in [0.1, 0.15) is 0 Å². The third-order valence-corrected chi connectivity index (χ3v) is 10.3. The molecular weight excluding hydrogens is 592 g/mol. The molecule has 0 aromatic heterocycles. The van der Waals surface area contributed by atoms with Crippen LogP contribution in [0.15, 0.2) is 36.4 Å². The first kappa shape index (κ1) is 31.2. The summed E-state index contributed by atoms with van der Waals surface area (Å²) < 4.78 is 6.03. The van der Waals surface area contributed by atoms with E-state index in [2.05, 4.69) is 27.5 Å². The number of likely N-dealkylation sites (tertiary alicyclic amines) is 1. The van der Waals surface area contributed by atoms with Crippen molar-refractivity contribution in [3.63, 3.8) is 0 Å². The number of para-hydroxylation sites is 1. The first-order valence-corrected chi connectivity index (χ1v) is 16.3. The van der Waals surface area contributed by atoms with Gasteiger partial charge in [0.25, 0.3) is 5.91 Å². The fourth-order valence-corrected chi connectivity index (χ4v) is 7.64. The number of benzene rings is 2. The summed E-state index contributed by atoms with van der Waals surface area (Å²) in [4.78, 5) is 46.1. The number of anilines is 2. The lowest BCUT2D eigenvalue weighted by molar-refractivity contribution is -0.143. The Balaban J connectivity index is 1.16. The molecule has 6 rings (SSSR count). The smallest absolute Gasteiger partial charge is 0.410 e. The molecule has 238 valence electrons. The molecule has 0 radical (unpaired) electrons. The van der Waals surface area contributed by atoms with Crippen LogP contribution < -0.4 is 16.4 Å². The molecule has 0 aliphatic carbocycles. The minimum absolute atomic E-state index is 0.0101. The summed E-state index contributed by atoms with van der Waals surface area (Å²) in [6, 6.07) is 11.8. The number of halogens is 1. The largest absolute Gasteiger partial charge is 0.436 e. The molecule has 3 saturated heterocycles. The van der Waals surface area contributed by atoms with E-state index in [1.807, 2.05) is 18.2 Å². The number of nitrogens with zero attached hydrogens (tertiary/aromatic N) is 3. The zero-order valence-electron chi connectivity index (χ0n) is 25.5. The number of piperazine rings is 1. The molecule has 0 unspecified atom stereocenters. The fraction of sp³-hybridized carbons (Fsp3) is 0.500. The van der Waals surface area contributed by atoms with Crippen molar-refractivity contribution in [2.75, 3.05) is 63.4 Å². The van der Waals surface area contributed by atoms with Crippen LogP contribution in [0, 0.1) is 12.3 Å². The van der Waals surface area contributed by atoms with Gasteiger partial charge >= 0.3 is 6.09 Å². The molecule has 3 amide bonds. The average Bonchev–Trinajstić information content (AvgIpc) is 3.06. The molecule has 10 nitrogen and oxygen atoms in total. The van der Waals surface area contributed by atoms with Gasteiger partial charge in [0, 0.05) is 74.8 Å².